The molecule has 5 heteroatoms. The van der Waals surface area contributed by atoms with Crippen molar-refractivity contribution in [1.29, 1.82) is 0 Å². The van der Waals surface area contributed by atoms with E-state index in [4.69, 9.17) is 0 Å². The summed E-state index contributed by atoms with van der Waals surface area (Å²) in [5.41, 5.74) is 2.21. The van der Waals surface area contributed by atoms with Crippen LogP contribution in [0.25, 0.3) is 10.9 Å². The van der Waals surface area contributed by atoms with E-state index in [2.05, 4.69) is 32.2 Å². The van der Waals surface area contributed by atoms with Gasteiger partial charge in [0.25, 0.3) is 0 Å². The van der Waals surface area contributed by atoms with Gasteiger partial charge in [-0.25, -0.2) is 0 Å². The molecule has 5 nitrogen and oxygen atoms in total. The van der Waals surface area contributed by atoms with Gasteiger partial charge in [-0.15, -0.1) is 0 Å². The Labute approximate surface area is 136 Å². The van der Waals surface area contributed by atoms with E-state index < -0.39 is 0 Å². The summed E-state index contributed by atoms with van der Waals surface area (Å²) in [6.07, 6.45) is 3.59. The fourth-order valence-electron chi connectivity index (χ4n) is 3.87. The predicted molar refractivity (Wildman–Crippen MR) is 91.4 cm³/mol. The van der Waals surface area contributed by atoms with Crippen molar-refractivity contribution in [2.24, 2.45) is 0 Å². The van der Waals surface area contributed by atoms with Crippen molar-refractivity contribution < 1.29 is 4.79 Å². The second kappa shape index (κ2) is 6.34. The highest BCUT2D eigenvalue weighted by atomic mass is 16.2. The molecule has 2 fully saturated rings. The third-order valence-corrected chi connectivity index (χ3v) is 5.20. The van der Waals surface area contributed by atoms with Crippen LogP contribution in [0.3, 0.4) is 0 Å². The average molecular weight is 312 g/mol. The number of likely N-dealkylation sites (tertiary alicyclic amines) is 1. The van der Waals surface area contributed by atoms with Gasteiger partial charge in [0, 0.05) is 62.4 Å². The van der Waals surface area contributed by atoms with Crippen molar-refractivity contribution in [3.8, 4) is 0 Å². The van der Waals surface area contributed by atoms with Gasteiger partial charge in [0.2, 0.25) is 5.91 Å². The second-order valence-electron chi connectivity index (χ2n) is 6.60. The summed E-state index contributed by atoms with van der Waals surface area (Å²) >= 11 is 0. The van der Waals surface area contributed by atoms with Crippen molar-refractivity contribution >= 4 is 16.8 Å². The molecule has 0 saturated carbocycles. The molecule has 0 radical (unpaired) electrons. The summed E-state index contributed by atoms with van der Waals surface area (Å²) in [6.45, 7) is 6.14. The van der Waals surface area contributed by atoms with Crippen LogP contribution in [0.2, 0.25) is 0 Å². The number of aromatic nitrogens is 1. The van der Waals surface area contributed by atoms with Crippen molar-refractivity contribution in [2.75, 3.05) is 39.3 Å². The fraction of sp³-hybridized carbons (Fsp3) is 0.500. The van der Waals surface area contributed by atoms with E-state index in [0.29, 0.717) is 12.5 Å². The Balaban J connectivity index is 1.40. The van der Waals surface area contributed by atoms with E-state index in [9.17, 15) is 4.79 Å². The Morgan fingerprint density at radius 1 is 1.17 bits per heavy atom. The Hall–Kier alpha value is -1.85. The third kappa shape index (κ3) is 2.99. The number of hydrogen-bond acceptors (Lipinski definition) is 3. The molecule has 2 aliphatic rings. The molecule has 4 rings (SSSR count). The number of piperazine rings is 1. The fourth-order valence-corrected chi connectivity index (χ4v) is 3.87. The molecule has 2 saturated heterocycles. The molecule has 1 aromatic carbocycles. The van der Waals surface area contributed by atoms with Crippen LogP contribution >= 0.6 is 0 Å². The van der Waals surface area contributed by atoms with Gasteiger partial charge in [0.1, 0.15) is 0 Å². The van der Waals surface area contributed by atoms with Crippen LogP contribution in [0.4, 0.5) is 0 Å². The molecule has 2 aromatic rings. The second-order valence-corrected chi connectivity index (χ2v) is 6.60. The number of para-hydroxylation sites is 1. The lowest BCUT2D eigenvalue weighted by atomic mass is 10.1. The molecular weight excluding hydrogens is 288 g/mol. The summed E-state index contributed by atoms with van der Waals surface area (Å²) in [7, 11) is 0. The maximum absolute atomic E-state index is 12.7. The molecule has 122 valence electrons. The minimum Gasteiger partial charge on any atom is -0.361 e. The molecule has 0 aliphatic carbocycles. The first-order valence-electron chi connectivity index (χ1n) is 8.59. The normalized spacial score (nSPS) is 22.8. The first-order valence-corrected chi connectivity index (χ1v) is 8.59. The standard InChI is InChI=1S/C18H24N4O/c23-18(11-14-12-20-17-4-2-1-3-16(14)17)22-8-5-15(13-22)21-9-6-19-7-10-21/h1-4,12,15,19-20H,5-11,13H2. The van der Waals surface area contributed by atoms with Crippen LogP contribution in [0.15, 0.2) is 30.5 Å². The molecule has 1 aromatic heterocycles. The van der Waals surface area contributed by atoms with Gasteiger partial charge >= 0.3 is 0 Å². The lowest BCUT2D eigenvalue weighted by Crippen LogP contribution is -2.49. The number of H-pyrrole nitrogens is 1. The van der Waals surface area contributed by atoms with Crippen molar-refractivity contribution in [3.05, 3.63) is 36.0 Å². The van der Waals surface area contributed by atoms with Gasteiger partial charge in [0.15, 0.2) is 0 Å². The van der Waals surface area contributed by atoms with Crippen LogP contribution < -0.4 is 5.32 Å². The summed E-state index contributed by atoms with van der Waals surface area (Å²) in [6, 6.07) is 8.73. The van der Waals surface area contributed by atoms with Gasteiger partial charge in [-0.1, -0.05) is 18.2 Å². The SMILES string of the molecule is O=C(Cc1c[nH]c2ccccc12)N1CCC(N2CCNCC2)C1. The van der Waals surface area contributed by atoms with Crippen LogP contribution in [-0.4, -0.2) is 66.0 Å². The van der Waals surface area contributed by atoms with Crippen molar-refractivity contribution in [2.45, 2.75) is 18.9 Å². The molecule has 0 spiro atoms. The zero-order valence-corrected chi connectivity index (χ0v) is 13.4. The first kappa shape index (κ1) is 14.7. The van der Waals surface area contributed by atoms with E-state index in [1.54, 1.807) is 0 Å². The number of nitrogens with one attached hydrogen (secondary N) is 2. The highest BCUT2D eigenvalue weighted by Gasteiger charge is 2.30. The minimum absolute atomic E-state index is 0.257. The highest BCUT2D eigenvalue weighted by Crippen LogP contribution is 2.21. The minimum atomic E-state index is 0.257. The Morgan fingerprint density at radius 3 is 2.87 bits per heavy atom. The summed E-state index contributed by atoms with van der Waals surface area (Å²) in [4.78, 5) is 20.5. The summed E-state index contributed by atoms with van der Waals surface area (Å²) in [5.74, 6) is 0.257. The number of carbonyl (C=O) groups excluding carboxylic acids is 1. The number of nitrogens with zero attached hydrogens (tertiary/aromatic N) is 2. The number of rotatable bonds is 3. The number of carbonyl (C=O) groups is 1. The molecule has 3 heterocycles. The molecule has 23 heavy (non-hydrogen) atoms. The molecule has 2 aliphatic heterocycles. The molecule has 2 N–H and O–H groups in total. The Bertz CT molecular complexity index is 689. The zero-order chi connectivity index (χ0) is 15.6. The smallest absolute Gasteiger partial charge is 0.227 e. The molecule has 1 atom stereocenters. The quantitative estimate of drug-likeness (QED) is 0.896. The highest BCUT2D eigenvalue weighted by molar-refractivity contribution is 5.89. The van der Waals surface area contributed by atoms with Crippen LogP contribution in [0.1, 0.15) is 12.0 Å². The number of benzene rings is 1. The monoisotopic (exact) mass is 312 g/mol. The van der Waals surface area contributed by atoms with Gasteiger partial charge in [-0.3, -0.25) is 9.69 Å². The zero-order valence-electron chi connectivity index (χ0n) is 13.4. The van der Waals surface area contributed by atoms with E-state index in [-0.39, 0.29) is 5.91 Å². The van der Waals surface area contributed by atoms with E-state index in [1.165, 1.54) is 5.39 Å². The molecule has 0 bridgehead atoms. The molecule has 1 unspecified atom stereocenters. The van der Waals surface area contributed by atoms with Gasteiger partial charge in [-0.2, -0.15) is 0 Å². The maximum Gasteiger partial charge on any atom is 0.227 e. The third-order valence-electron chi connectivity index (χ3n) is 5.20. The Kier molecular flexibility index (Phi) is 4.06. The van der Waals surface area contributed by atoms with E-state index in [1.807, 2.05) is 18.3 Å². The maximum atomic E-state index is 12.7. The average Bonchev–Trinajstić information content (AvgIpc) is 3.24. The topological polar surface area (TPSA) is 51.4 Å². The molecule has 1 amide bonds. The lowest BCUT2D eigenvalue weighted by molar-refractivity contribution is -0.129. The van der Waals surface area contributed by atoms with Crippen LogP contribution in [0.5, 0.6) is 0 Å². The first-order chi connectivity index (χ1) is 11.3. The van der Waals surface area contributed by atoms with E-state index >= 15 is 0 Å². The number of hydrogen-bond donors (Lipinski definition) is 2. The molecular formula is C18H24N4O. The predicted octanol–water partition coefficient (Wildman–Crippen LogP) is 1.22. The van der Waals surface area contributed by atoms with Crippen molar-refractivity contribution in [1.82, 2.24) is 20.1 Å². The lowest BCUT2D eigenvalue weighted by Gasteiger charge is -2.32. The largest absolute Gasteiger partial charge is 0.361 e. The number of fused-ring (bicyclic) bond motifs is 1. The van der Waals surface area contributed by atoms with E-state index in [0.717, 1.165) is 56.8 Å². The summed E-state index contributed by atoms with van der Waals surface area (Å²) < 4.78 is 0. The van der Waals surface area contributed by atoms with Crippen LogP contribution in [0, 0.1) is 0 Å². The van der Waals surface area contributed by atoms with Gasteiger partial charge in [0.05, 0.1) is 6.42 Å². The summed E-state index contributed by atoms with van der Waals surface area (Å²) in [5, 5.41) is 4.56. The van der Waals surface area contributed by atoms with Crippen molar-refractivity contribution in [3.63, 3.8) is 0 Å². The van der Waals surface area contributed by atoms with Gasteiger partial charge in [-0.05, 0) is 18.1 Å². The van der Waals surface area contributed by atoms with Crippen LogP contribution in [-0.2, 0) is 11.2 Å². The number of aromatic amines is 1. The Morgan fingerprint density at radius 2 is 2.00 bits per heavy atom. The number of amides is 1. The van der Waals surface area contributed by atoms with Gasteiger partial charge < -0.3 is 15.2 Å².